The number of nitrogens with one attached hydrogen (secondary N) is 1. The van der Waals surface area contributed by atoms with Crippen molar-refractivity contribution in [2.75, 3.05) is 27.2 Å². The normalized spacial score (nSPS) is 37.7. The first kappa shape index (κ1) is 7.03. The van der Waals surface area contributed by atoms with Crippen LogP contribution in [0.4, 0.5) is 0 Å². The Morgan fingerprint density at radius 3 is 2.33 bits per heavy atom. The summed E-state index contributed by atoms with van der Waals surface area (Å²) in [5.74, 6) is 0.819. The molecule has 0 aromatic heterocycles. The lowest BCUT2D eigenvalue weighted by Crippen LogP contribution is -2.31. The third-order valence-electron chi connectivity index (χ3n) is 2.17. The molecule has 0 spiro atoms. The van der Waals surface area contributed by atoms with Crippen LogP contribution in [0.5, 0.6) is 0 Å². The van der Waals surface area contributed by atoms with E-state index < -0.39 is 0 Å². The average molecular weight is 128 g/mol. The summed E-state index contributed by atoms with van der Waals surface area (Å²) in [6.07, 6.45) is 0. The minimum Gasteiger partial charge on any atom is -0.315 e. The number of rotatable bonds is 1. The van der Waals surface area contributed by atoms with Crippen LogP contribution in [-0.2, 0) is 0 Å². The van der Waals surface area contributed by atoms with Crippen LogP contribution in [0, 0.1) is 5.92 Å². The van der Waals surface area contributed by atoms with Gasteiger partial charge in [-0.05, 0) is 20.0 Å². The summed E-state index contributed by atoms with van der Waals surface area (Å²) in [6, 6.07) is 0.718. The van der Waals surface area contributed by atoms with Crippen LogP contribution < -0.4 is 5.32 Å². The van der Waals surface area contributed by atoms with Crippen LogP contribution in [-0.4, -0.2) is 38.1 Å². The fourth-order valence-electron chi connectivity index (χ4n) is 1.58. The van der Waals surface area contributed by atoms with Crippen LogP contribution in [0.25, 0.3) is 0 Å². The number of hydrogen-bond donors (Lipinski definition) is 1. The lowest BCUT2D eigenvalue weighted by molar-refractivity contribution is 0.399. The first-order valence-corrected chi connectivity index (χ1v) is 3.60. The van der Waals surface area contributed by atoms with Gasteiger partial charge in [0.2, 0.25) is 0 Å². The van der Waals surface area contributed by atoms with Crippen molar-refractivity contribution in [3.63, 3.8) is 0 Å². The Morgan fingerprint density at radius 2 is 2.11 bits per heavy atom. The highest BCUT2D eigenvalue weighted by Crippen LogP contribution is 2.12. The first-order chi connectivity index (χ1) is 4.24. The molecule has 0 aliphatic carbocycles. The van der Waals surface area contributed by atoms with Crippen molar-refractivity contribution in [1.29, 1.82) is 0 Å². The topological polar surface area (TPSA) is 15.3 Å². The van der Waals surface area contributed by atoms with Gasteiger partial charge in [0.25, 0.3) is 0 Å². The second-order valence-electron chi connectivity index (χ2n) is 3.09. The van der Waals surface area contributed by atoms with Crippen molar-refractivity contribution in [3.05, 3.63) is 0 Å². The number of nitrogens with zero attached hydrogens (tertiary/aromatic N) is 1. The van der Waals surface area contributed by atoms with Gasteiger partial charge in [0.15, 0.2) is 0 Å². The van der Waals surface area contributed by atoms with Crippen LogP contribution in [0.1, 0.15) is 6.92 Å². The minimum absolute atomic E-state index is 0.718. The van der Waals surface area contributed by atoms with E-state index in [1.165, 1.54) is 13.1 Å². The largest absolute Gasteiger partial charge is 0.315 e. The van der Waals surface area contributed by atoms with Gasteiger partial charge >= 0.3 is 0 Å². The van der Waals surface area contributed by atoms with Gasteiger partial charge in [-0.25, -0.2) is 0 Å². The lowest BCUT2D eigenvalue weighted by atomic mass is 10.1. The maximum atomic E-state index is 3.30. The fraction of sp³-hybridized carbons (Fsp3) is 1.00. The summed E-state index contributed by atoms with van der Waals surface area (Å²) < 4.78 is 0. The molecule has 0 aromatic carbocycles. The zero-order valence-electron chi connectivity index (χ0n) is 6.52. The van der Waals surface area contributed by atoms with E-state index in [2.05, 4.69) is 24.2 Å². The van der Waals surface area contributed by atoms with Gasteiger partial charge in [0, 0.05) is 19.1 Å². The predicted molar refractivity (Wildman–Crippen MR) is 39.5 cm³/mol. The van der Waals surface area contributed by atoms with E-state index in [0.717, 1.165) is 12.0 Å². The molecule has 1 heterocycles. The predicted octanol–water partition coefficient (Wildman–Crippen LogP) is 0.156. The van der Waals surface area contributed by atoms with Crippen molar-refractivity contribution in [2.45, 2.75) is 13.0 Å². The van der Waals surface area contributed by atoms with Crippen molar-refractivity contribution >= 4 is 0 Å². The maximum Gasteiger partial charge on any atom is 0.0229 e. The molecule has 1 fully saturated rings. The van der Waals surface area contributed by atoms with Crippen LogP contribution in [0.15, 0.2) is 0 Å². The third kappa shape index (κ3) is 1.43. The van der Waals surface area contributed by atoms with Gasteiger partial charge in [-0.3, -0.25) is 0 Å². The number of likely N-dealkylation sites (tertiary alicyclic amines) is 1. The molecule has 0 radical (unpaired) electrons. The van der Waals surface area contributed by atoms with Gasteiger partial charge in [-0.1, -0.05) is 6.92 Å². The molecule has 1 aliphatic heterocycles. The highest BCUT2D eigenvalue weighted by molar-refractivity contribution is 4.83. The van der Waals surface area contributed by atoms with Gasteiger partial charge in [-0.2, -0.15) is 0 Å². The molecule has 9 heavy (non-hydrogen) atoms. The summed E-state index contributed by atoms with van der Waals surface area (Å²) in [6.45, 7) is 4.74. The van der Waals surface area contributed by atoms with E-state index in [0.29, 0.717) is 0 Å². The number of hydrogen-bond acceptors (Lipinski definition) is 2. The van der Waals surface area contributed by atoms with E-state index in [-0.39, 0.29) is 0 Å². The monoisotopic (exact) mass is 128 g/mol. The van der Waals surface area contributed by atoms with Crippen molar-refractivity contribution in [1.82, 2.24) is 10.2 Å². The maximum absolute atomic E-state index is 3.30. The molecule has 1 aliphatic rings. The molecular formula is C7H16N2. The average Bonchev–Trinajstić information content (AvgIpc) is 2.10. The first-order valence-electron chi connectivity index (χ1n) is 3.60. The van der Waals surface area contributed by atoms with Gasteiger partial charge in [0.1, 0.15) is 0 Å². The minimum atomic E-state index is 0.718. The van der Waals surface area contributed by atoms with Crippen LogP contribution in [0.2, 0.25) is 0 Å². The Morgan fingerprint density at radius 1 is 1.44 bits per heavy atom. The summed E-state index contributed by atoms with van der Waals surface area (Å²) >= 11 is 0. The Bertz CT molecular complexity index is 92.9. The molecule has 0 amide bonds. The van der Waals surface area contributed by atoms with E-state index in [9.17, 15) is 0 Å². The quantitative estimate of drug-likeness (QED) is 0.541. The van der Waals surface area contributed by atoms with Crippen LogP contribution >= 0.6 is 0 Å². The Balaban J connectivity index is 2.38. The van der Waals surface area contributed by atoms with E-state index in [1.54, 1.807) is 0 Å². The molecule has 1 rings (SSSR count). The number of likely N-dealkylation sites (N-methyl/N-ethyl adjacent to an activating group) is 2. The molecule has 1 saturated heterocycles. The van der Waals surface area contributed by atoms with Gasteiger partial charge in [-0.15, -0.1) is 0 Å². The Labute approximate surface area is 57.2 Å². The highest BCUT2D eigenvalue weighted by atomic mass is 15.2. The zero-order valence-corrected chi connectivity index (χ0v) is 6.52. The SMILES string of the molecule is CNC1CN(C)CC1C. The van der Waals surface area contributed by atoms with E-state index in [4.69, 9.17) is 0 Å². The molecule has 2 nitrogen and oxygen atoms in total. The summed E-state index contributed by atoms with van der Waals surface area (Å²) in [5.41, 5.74) is 0. The molecule has 0 aromatic rings. The van der Waals surface area contributed by atoms with Gasteiger partial charge in [0.05, 0.1) is 0 Å². The van der Waals surface area contributed by atoms with Crippen molar-refractivity contribution in [3.8, 4) is 0 Å². The lowest BCUT2D eigenvalue weighted by Gasteiger charge is -2.11. The second kappa shape index (κ2) is 2.67. The van der Waals surface area contributed by atoms with Crippen molar-refractivity contribution < 1.29 is 0 Å². The molecule has 2 unspecified atom stereocenters. The Hall–Kier alpha value is -0.0800. The van der Waals surface area contributed by atoms with Crippen molar-refractivity contribution in [2.24, 2.45) is 5.92 Å². The summed E-state index contributed by atoms with van der Waals surface area (Å²) in [7, 11) is 4.22. The third-order valence-corrected chi connectivity index (χ3v) is 2.17. The molecule has 54 valence electrons. The highest BCUT2D eigenvalue weighted by Gasteiger charge is 2.24. The van der Waals surface area contributed by atoms with E-state index >= 15 is 0 Å². The molecule has 2 heteroatoms. The fourth-order valence-corrected chi connectivity index (χ4v) is 1.58. The zero-order chi connectivity index (χ0) is 6.85. The molecular weight excluding hydrogens is 112 g/mol. The second-order valence-corrected chi connectivity index (χ2v) is 3.09. The summed E-state index contributed by atoms with van der Waals surface area (Å²) in [4.78, 5) is 2.37. The smallest absolute Gasteiger partial charge is 0.0229 e. The van der Waals surface area contributed by atoms with Gasteiger partial charge < -0.3 is 10.2 Å². The molecule has 2 atom stereocenters. The molecule has 0 bridgehead atoms. The van der Waals surface area contributed by atoms with E-state index in [1.807, 2.05) is 7.05 Å². The van der Waals surface area contributed by atoms with Crippen LogP contribution in [0.3, 0.4) is 0 Å². The molecule has 0 saturated carbocycles. The Kier molecular flexibility index (Phi) is 2.09. The standard InChI is InChI=1S/C7H16N2/c1-6-4-9(3)5-7(6)8-2/h6-8H,4-5H2,1-3H3. The molecule has 1 N–H and O–H groups in total. The summed E-state index contributed by atoms with van der Waals surface area (Å²) in [5, 5.41) is 3.30.